The molecule has 0 aliphatic carbocycles. The lowest BCUT2D eigenvalue weighted by molar-refractivity contribution is -0.137. The van der Waals surface area contributed by atoms with Gasteiger partial charge < -0.3 is 5.11 Å². The highest BCUT2D eigenvalue weighted by atomic mass is 32.1. The number of rotatable bonds is 9. The van der Waals surface area contributed by atoms with E-state index in [9.17, 15) is 22.4 Å². The van der Waals surface area contributed by atoms with Crippen LogP contribution in [-0.4, -0.2) is 27.5 Å². The van der Waals surface area contributed by atoms with Crippen LogP contribution in [0.5, 0.6) is 0 Å². The van der Waals surface area contributed by atoms with Crippen LogP contribution < -0.4 is 0 Å². The fourth-order valence-corrected chi connectivity index (χ4v) is 3.44. The Bertz CT molecular complexity index is 964. The standard InChI is InChI=1S/C21H20F4N2O2S/c1-3-4-7-16(14(2)22)11-27(12-19-26-18(13-30-19)20(28)29)10-15-6-5-8-17(9-15)21(23,24)25/h3-9,13H,2,10-12H2,1H3,(H,28,29)/b4-3-,16-7-. The van der Waals surface area contributed by atoms with E-state index in [0.717, 1.165) is 23.5 Å². The Balaban J connectivity index is 2.32. The smallest absolute Gasteiger partial charge is 0.416 e. The molecule has 0 radical (unpaired) electrons. The second-order valence-corrected chi connectivity index (χ2v) is 7.34. The van der Waals surface area contributed by atoms with E-state index in [2.05, 4.69) is 11.6 Å². The number of benzene rings is 1. The molecular weight excluding hydrogens is 420 g/mol. The molecule has 0 bridgehead atoms. The van der Waals surface area contributed by atoms with E-state index in [1.54, 1.807) is 30.0 Å². The van der Waals surface area contributed by atoms with Gasteiger partial charge in [0.2, 0.25) is 0 Å². The van der Waals surface area contributed by atoms with E-state index in [-0.39, 0.29) is 30.9 Å². The molecule has 160 valence electrons. The van der Waals surface area contributed by atoms with Crippen molar-refractivity contribution in [2.24, 2.45) is 0 Å². The monoisotopic (exact) mass is 440 g/mol. The Morgan fingerprint density at radius 2 is 2.07 bits per heavy atom. The Morgan fingerprint density at radius 1 is 1.33 bits per heavy atom. The van der Waals surface area contributed by atoms with Crippen molar-refractivity contribution < 1.29 is 27.5 Å². The minimum atomic E-state index is -4.48. The molecule has 0 aliphatic heterocycles. The number of nitrogens with zero attached hydrogens (tertiary/aromatic N) is 2. The third-order valence-corrected chi connectivity index (χ3v) is 4.86. The maximum Gasteiger partial charge on any atom is 0.416 e. The summed E-state index contributed by atoms with van der Waals surface area (Å²) in [6, 6.07) is 4.88. The molecule has 2 aromatic rings. The lowest BCUT2D eigenvalue weighted by Gasteiger charge is -2.23. The van der Waals surface area contributed by atoms with Crippen molar-refractivity contribution in [1.29, 1.82) is 0 Å². The molecule has 0 amide bonds. The van der Waals surface area contributed by atoms with Crippen molar-refractivity contribution in [3.63, 3.8) is 0 Å². The molecule has 1 aromatic heterocycles. The first-order chi connectivity index (χ1) is 14.1. The van der Waals surface area contributed by atoms with Gasteiger partial charge in [0, 0.05) is 24.0 Å². The molecule has 0 spiro atoms. The predicted molar refractivity (Wildman–Crippen MR) is 108 cm³/mol. The first-order valence-electron chi connectivity index (χ1n) is 8.83. The van der Waals surface area contributed by atoms with E-state index in [1.165, 1.54) is 17.5 Å². The Morgan fingerprint density at radius 3 is 2.63 bits per heavy atom. The number of carboxylic acid groups (broad SMARTS) is 1. The van der Waals surface area contributed by atoms with Gasteiger partial charge in [-0.15, -0.1) is 11.3 Å². The van der Waals surface area contributed by atoms with Crippen LogP contribution in [-0.2, 0) is 19.3 Å². The quantitative estimate of drug-likeness (QED) is 0.393. The normalized spacial score (nSPS) is 12.7. The van der Waals surface area contributed by atoms with Gasteiger partial charge in [0.1, 0.15) is 10.8 Å². The van der Waals surface area contributed by atoms with E-state index in [1.807, 2.05) is 0 Å². The molecule has 0 saturated heterocycles. The highest BCUT2D eigenvalue weighted by molar-refractivity contribution is 7.09. The van der Waals surface area contributed by atoms with Crippen LogP contribution in [0.15, 0.2) is 65.9 Å². The first-order valence-corrected chi connectivity index (χ1v) is 9.71. The third-order valence-electron chi connectivity index (χ3n) is 4.02. The summed E-state index contributed by atoms with van der Waals surface area (Å²) in [5.41, 5.74) is -0.250. The van der Waals surface area contributed by atoms with Crippen molar-refractivity contribution in [2.75, 3.05) is 6.54 Å². The van der Waals surface area contributed by atoms with Gasteiger partial charge in [0.25, 0.3) is 0 Å². The fraction of sp³-hybridized carbons (Fsp3) is 0.238. The number of carboxylic acids is 1. The number of halogens is 4. The van der Waals surface area contributed by atoms with E-state index in [4.69, 9.17) is 5.11 Å². The van der Waals surface area contributed by atoms with Gasteiger partial charge in [-0.3, -0.25) is 4.90 Å². The average molecular weight is 440 g/mol. The minimum Gasteiger partial charge on any atom is -0.476 e. The molecule has 0 atom stereocenters. The van der Waals surface area contributed by atoms with Gasteiger partial charge in [-0.05, 0) is 18.6 Å². The van der Waals surface area contributed by atoms with Crippen LogP contribution in [0.1, 0.15) is 33.5 Å². The SMILES string of the molecule is C=C(F)/C(=C\C=C/C)CN(Cc1cccc(C(F)(F)F)c1)Cc1nc(C(=O)O)cs1. The van der Waals surface area contributed by atoms with Gasteiger partial charge in [-0.1, -0.05) is 43.0 Å². The molecule has 0 aliphatic rings. The lowest BCUT2D eigenvalue weighted by atomic mass is 10.1. The summed E-state index contributed by atoms with van der Waals surface area (Å²) >= 11 is 1.11. The van der Waals surface area contributed by atoms with Gasteiger partial charge in [0.05, 0.1) is 12.1 Å². The van der Waals surface area contributed by atoms with E-state index in [0.29, 0.717) is 10.6 Å². The summed E-state index contributed by atoms with van der Waals surface area (Å²) in [4.78, 5) is 16.7. The van der Waals surface area contributed by atoms with Crippen molar-refractivity contribution >= 4 is 17.3 Å². The fourth-order valence-electron chi connectivity index (χ4n) is 2.63. The largest absolute Gasteiger partial charge is 0.476 e. The van der Waals surface area contributed by atoms with Crippen LogP contribution in [0, 0.1) is 0 Å². The molecule has 2 rings (SSSR count). The van der Waals surface area contributed by atoms with Crippen LogP contribution >= 0.6 is 11.3 Å². The van der Waals surface area contributed by atoms with E-state index < -0.39 is 23.5 Å². The molecular formula is C21H20F4N2O2S. The number of alkyl halides is 3. The van der Waals surface area contributed by atoms with Crippen molar-refractivity contribution in [1.82, 2.24) is 9.88 Å². The lowest BCUT2D eigenvalue weighted by Crippen LogP contribution is -2.25. The zero-order chi connectivity index (χ0) is 22.3. The molecule has 0 saturated carbocycles. The zero-order valence-corrected chi connectivity index (χ0v) is 16.9. The van der Waals surface area contributed by atoms with Crippen molar-refractivity contribution in [3.05, 3.63) is 87.7 Å². The number of hydrogen-bond donors (Lipinski definition) is 1. The molecule has 30 heavy (non-hydrogen) atoms. The van der Waals surface area contributed by atoms with Crippen LogP contribution in [0.2, 0.25) is 0 Å². The van der Waals surface area contributed by atoms with Crippen molar-refractivity contribution in [3.8, 4) is 0 Å². The Labute approximate surface area is 175 Å². The zero-order valence-electron chi connectivity index (χ0n) is 16.1. The molecule has 1 heterocycles. The predicted octanol–water partition coefficient (Wildman–Crippen LogP) is 5.85. The topological polar surface area (TPSA) is 53.4 Å². The van der Waals surface area contributed by atoms with Crippen molar-refractivity contribution in [2.45, 2.75) is 26.2 Å². The number of allylic oxidation sites excluding steroid dienone is 3. The van der Waals surface area contributed by atoms with Gasteiger partial charge >= 0.3 is 12.1 Å². The molecule has 0 fully saturated rings. The summed E-state index contributed by atoms with van der Waals surface area (Å²) in [7, 11) is 0. The second-order valence-electron chi connectivity index (χ2n) is 6.40. The Hall–Kier alpha value is -2.78. The maximum absolute atomic E-state index is 13.9. The average Bonchev–Trinajstić information content (AvgIpc) is 3.13. The number of aromatic nitrogens is 1. The van der Waals surface area contributed by atoms with E-state index >= 15 is 0 Å². The highest BCUT2D eigenvalue weighted by Crippen LogP contribution is 2.30. The number of hydrogen-bond acceptors (Lipinski definition) is 4. The highest BCUT2D eigenvalue weighted by Gasteiger charge is 2.30. The maximum atomic E-state index is 13.9. The number of aromatic carboxylic acids is 1. The third kappa shape index (κ3) is 6.93. The van der Waals surface area contributed by atoms with Gasteiger partial charge in [0.15, 0.2) is 5.69 Å². The molecule has 1 N–H and O–H groups in total. The summed E-state index contributed by atoms with van der Waals surface area (Å²) in [6.45, 7) is 5.34. The molecule has 4 nitrogen and oxygen atoms in total. The minimum absolute atomic E-state index is 0.0535. The molecule has 0 unspecified atom stereocenters. The van der Waals surface area contributed by atoms with Gasteiger partial charge in [-0.25, -0.2) is 14.2 Å². The van der Waals surface area contributed by atoms with Crippen LogP contribution in [0.4, 0.5) is 17.6 Å². The van der Waals surface area contributed by atoms with Crippen LogP contribution in [0.3, 0.4) is 0 Å². The molecule has 9 heteroatoms. The number of thiazole rings is 1. The summed E-state index contributed by atoms with van der Waals surface area (Å²) in [5, 5.41) is 10.9. The molecule has 1 aromatic carbocycles. The second kappa shape index (κ2) is 10.3. The first kappa shape index (κ1) is 23.5. The summed E-state index contributed by atoms with van der Waals surface area (Å²) < 4.78 is 53.0. The summed E-state index contributed by atoms with van der Waals surface area (Å²) in [5.74, 6) is -1.83. The summed E-state index contributed by atoms with van der Waals surface area (Å²) in [6.07, 6.45) is 0.400. The van der Waals surface area contributed by atoms with Gasteiger partial charge in [-0.2, -0.15) is 13.2 Å². The van der Waals surface area contributed by atoms with Crippen LogP contribution in [0.25, 0.3) is 0 Å². The number of carbonyl (C=O) groups is 1. The Kier molecular flexibility index (Phi) is 8.08.